The topological polar surface area (TPSA) is 68.8 Å². The van der Waals surface area contributed by atoms with Crippen molar-refractivity contribution in [2.75, 3.05) is 11.1 Å². The summed E-state index contributed by atoms with van der Waals surface area (Å²) in [4.78, 5) is 4.13. The first kappa shape index (κ1) is 14.0. The molecular formula is C12H15Cl2N5. The molecule has 2 heterocycles. The Morgan fingerprint density at radius 3 is 2.79 bits per heavy atom. The SMILES string of the molecule is CCc1nn(C)cc1CNc1nc(N)c(Cl)cc1Cl. The highest BCUT2D eigenvalue weighted by molar-refractivity contribution is 6.37. The second kappa shape index (κ2) is 5.67. The number of nitrogens with zero attached hydrogens (tertiary/aromatic N) is 3. The van der Waals surface area contributed by atoms with Crippen molar-refractivity contribution in [1.82, 2.24) is 14.8 Å². The largest absolute Gasteiger partial charge is 0.382 e. The molecule has 2 rings (SSSR count). The van der Waals surface area contributed by atoms with Gasteiger partial charge in [-0.05, 0) is 12.5 Å². The minimum absolute atomic E-state index is 0.260. The third kappa shape index (κ3) is 3.11. The lowest BCUT2D eigenvalue weighted by atomic mass is 10.2. The quantitative estimate of drug-likeness (QED) is 0.911. The van der Waals surface area contributed by atoms with Crippen molar-refractivity contribution in [3.05, 3.63) is 33.6 Å². The number of nitrogens with one attached hydrogen (secondary N) is 1. The van der Waals surface area contributed by atoms with Crippen LogP contribution >= 0.6 is 23.2 Å². The molecule has 2 aromatic rings. The number of anilines is 2. The zero-order chi connectivity index (χ0) is 14.0. The number of pyridine rings is 1. The van der Waals surface area contributed by atoms with Crippen LogP contribution in [0.2, 0.25) is 10.0 Å². The van der Waals surface area contributed by atoms with Gasteiger partial charge in [-0.25, -0.2) is 4.98 Å². The number of nitrogens with two attached hydrogens (primary N) is 1. The van der Waals surface area contributed by atoms with Crippen LogP contribution in [0.15, 0.2) is 12.3 Å². The van der Waals surface area contributed by atoms with E-state index < -0.39 is 0 Å². The standard InChI is InChI=1S/C12H15Cl2N5/c1-3-10-7(6-19(2)18-10)5-16-12-9(14)4-8(13)11(15)17-12/h4,6H,3,5H2,1-2H3,(H3,15,16,17). The van der Waals surface area contributed by atoms with Gasteiger partial charge >= 0.3 is 0 Å². The van der Waals surface area contributed by atoms with Gasteiger partial charge in [-0.1, -0.05) is 30.1 Å². The number of nitrogen functional groups attached to an aromatic ring is 1. The van der Waals surface area contributed by atoms with E-state index in [2.05, 4.69) is 22.3 Å². The van der Waals surface area contributed by atoms with Gasteiger partial charge in [0, 0.05) is 25.4 Å². The molecule has 0 radical (unpaired) electrons. The second-order valence-corrected chi connectivity index (χ2v) is 4.98. The number of rotatable bonds is 4. The summed E-state index contributed by atoms with van der Waals surface area (Å²) in [6.07, 6.45) is 2.85. The average molecular weight is 300 g/mol. The maximum Gasteiger partial charge on any atom is 0.147 e. The Morgan fingerprint density at radius 2 is 2.11 bits per heavy atom. The first-order valence-electron chi connectivity index (χ1n) is 5.88. The molecule has 0 fully saturated rings. The van der Waals surface area contributed by atoms with E-state index in [-0.39, 0.29) is 5.82 Å². The first-order valence-corrected chi connectivity index (χ1v) is 6.63. The average Bonchev–Trinajstić information content (AvgIpc) is 2.72. The Hall–Kier alpha value is -1.46. The summed E-state index contributed by atoms with van der Waals surface area (Å²) >= 11 is 11.9. The van der Waals surface area contributed by atoms with Crippen molar-refractivity contribution in [3.8, 4) is 0 Å². The molecule has 2 aromatic heterocycles. The monoisotopic (exact) mass is 299 g/mol. The number of halogens is 2. The van der Waals surface area contributed by atoms with Gasteiger partial charge in [0.25, 0.3) is 0 Å². The summed E-state index contributed by atoms with van der Waals surface area (Å²) < 4.78 is 1.79. The van der Waals surface area contributed by atoms with Gasteiger partial charge in [0.15, 0.2) is 0 Å². The van der Waals surface area contributed by atoms with Crippen LogP contribution in [0.1, 0.15) is 18.2 Å². The molecule has 0 bridgehead atoms. The van der Waals surface area contributed by atoms with Crippen LogP contribution in [-0.2, 0) is 20.0 Å². The number of aromatic nitrogens is 3. The van der Waals surface area contributed by atoms with Crippen molar-refractivity contribution in [2.45, 2.75) is 19.9 Å². The van der Waals surface area contributed by atoms with E-state index in [1.165, 1.54) is 0 Å². The molecule has 0 aliphatic rings. The Morgan fingerprint density at radius 1 is 1.37 bits per heavy atom. The fourth-order valence-corrected chi connectivity index (χ4v) is 2.24. The highest BCUT2D eigenvalue weighted by Gasteiger charge is 2.09. The smallest absolute Gasteiger partial charge is 0.147 e. The lowest BCUT2D eigenvalue weighted by Gasteiger charge is -2.08. The fourth-order valence-electron chi connectivity index (χ4n) is 1.81. The minimum atomic E-state index is 0.260. The third-order valence-corrected chi connectivity index (χ3v) is 3.32. The molecule has 5 nitrogen and oxygen atoms in total. The van der Waals surface area contributed by atoms with Crippen LogP contribution in [0.5, 0.6) is 0 Å². The lowest BCUT2D eigenvalue weighted by molar-refractivity contribution is 0.746. The maximum absolute atomic E-state index is 6.06. The lowest BCUT2D eigenvalue weighted by Crippen LogP contribution is -2.05. The molecule has 0 aliphatic heterocycles. The van der Waals surface area contributed by atoms with Crippen molar-refractivity contribution in [2.24, 2.45) is 7.05 Å². The highest BCUT2D eigenvalue weighted by Crippen LogP contribution is 2.27. The van der Waals surface area contributed by atoms with E-state index >= 15 is 0 Å². The van der Waals surface area contributed by atoms with Gasteiger partial charge in [0.2, 0.25) is 0 Å². The summed E-state index contributed by atoms with van der Waals surface area (Å²) in [6.45, 7) is 2.65. The molecule has 7 heteroatoms. The van der Waals surface area contributed by atoms with Crippen molar-refractivity contribution < 1.29 is 0 Å². The molecule has 0 amide bonds. The molecule has 102 valence electrons. The Labute approximate surface area is 121 Å². The molecule has 0 saturated carbocycles. The van der Waals surface area contributed by atoms with Gasteiger partial charge in [-0.2, -0.15) is 5.10 Å². The van der Waals surface area contributed by atoms with Gasteiger partial charge < -0.3 is 11.1 Å². The second-order valence-electron chi connectivity index (χ2n) is 4.17. The predicted molar refractivity (Wildman–Crippen MR) is 78.6 cm³/mol. The van der Waals surface area contributed by atoms with E-state index in [1.807, 2.05) is 13.2 Å². The molecule has 0 aromatic carbocycles. The zero-order valence-corrected chi connectivity index (χ0v) is 12.3. The van der Waals surface area contributed by atoms with E-state index in [4.69, 9.17) is 28.9 Å². The Kier molecular flexibility index (Phi) is 4.17. The van der Waals surface area contributed by atoms with Gasteiger partial charge in [-0.3, -0.25) is 4.68 Å². The molecule has 0 atom stereocenters. The Bertz CT molecular complexity index is 594. The van der Waals surface area contributed by atoms with Crippen LogP contribution in [0.25, 0.3) is 0 Å². The zero-order valence-electron chi connectivity index (χ0n) is 10.7. The maximum atomic E-state index is 6.06. The van der Waals surface area contributed by atoms with Crippen LogP contribution in [-0.4, -0.2) is 14.8 Å². The van der Waals surface area contributed by atoms with Gasteiger partial charge in [0.1, 0.15) is 11.6 Å². The van der Waals surface area contributed by atoms with Gasteiger partial charge in [-0.15, -0.1) is 0 Å². The van der Waals surface area contributed by atoms with Crippen LogP contribution in [0.4, 0.5) is 11.6 Å². The summed E-state index contributed by atoms with van der Waals surface area (Å²) in [5.41, 5.74) is 7.82. The summed E-state index contributed by atoms with van der Waals surface area (Å²) in [7, 11) is 1.90. The van der Waals surface area contributed by atoms with Crippen LogP contribution in [0.3, 0.4) is 0 Å². The molecular weight excluding hydrogens is 285 g/mol. The van der Waals surface area contributed by atoms with E-state index in [1.54, 1.807) is 10.7 Å². The fraction of sp³-hybridized carbons (Fsp3) is 0.333. The molecule has 19 heavy (non-hydrogen) atoms. The minimum Gasteiger partial charge on any atom is -0.382 e. The van der Waals surface area contributed by atoms with Crippen LogP contribution in [0, 0.1) is 0 Å². The number of aryl methyl sites for hydroxylation is 2. The molecule has 0 saturated heterocycles. The van der Waals surface area contributed by atoms with Crippen molar-refractivity contribution in [3.63, 3.8) is 0 Å². The highest BCUT2D eigenvalue weighted by atomic mass is 35.5. The third-order valence-electron chi connectivity index (χ3n) is 2.73. The van der Waals surface area contributed by atoms with E-state index in [0.717, 1.165) is 17.7 Å². The molecule has 3 N–H and O–H groups in total. The van der Waals surface area contributed by atoms with E-state index in [9.17, 15) is 0 Å². The summed E-state index contributed by atoms with van der Waals surface area (Å²) in [5.74, 6) is 0.782. The predicted octanol–water partition coefficient (Wildman–Crippen LogP) is 2.88. The summed E-state index contributed by atoms with van der Waals surface area (Å²) in [5, 5.41) is 8.32. The normalized spacial score (nSPS) is 10.7. The van der Waals surface area contributed by atoms with E-state index in [0.29, 0.717) is 22.4 Å². The van der Waals surface area contributed by atoms with Gasteiger partial charge in [0.05, 0.1) is 15.7 Å². The van der Waals surface area contributed by atoms with Crippen molar-refractivity contribution in [1.29, 1.82) is 0 Å². The first-order chi connectivity index (χ1) is 9.01. The molecule has 0 unspecified atom stereocenters. The Balaban J connectivity index is 2.16. The summed E-state index contributed by atoms with van der Waals surface area (Å²) in [6, 6.07) is 1.58. The number of hydrogen-bond acceptors (Lipinski definition) is 4. The van der Waals surface area contributed by atoms with Crippen LogP contribution < -0.4 is 11.1 Å². The van der Waals surface area contributed by atoms with Crippen molar-refractivity contribution >= 4 is 34.8 Å². The number of hydrogen-bond donors (Lipinski definition) is 2. The molecule has 0 aliphatic carbocycles. The molecule has 0 spiro atoms.